The van der Waals surface area contributed by atoms with Gasteiger partial charge in [0.25, 0.3) is 0 Å². The maximum absolute atomic E-state index is 12.7. The molecule has 0 spiro atoms. The maximum atomic E-state index is 12.7. The predicted molar refractivity (Wildman–Crippen MR) is 76.1 cm³/mol. The first kappa shape index (κ1) is 15.1. The fraction of sp³-hybridized carbons (Fsp3) is 0.143. The van der Waals surface area contributed by atoms with Crippen molar-refractivity contribution in [1.29, 1.82) is 0 Å². The SMILES string of the molecule is C.Fc1ccc(SCSc2ccc(F)cc2)cc1. The van der Waals surface area contributed by atoms with E-state index >= 15 is 0 Å². The molecule has 0 radical (unpaired) electrons. The molecule has 0 aliphatic heterocycles. The van der Waals surface area contributed by atoms with Crippen LogP contribution in [0.2, 0.25) is 0 Å². The fourth-order valence-corrected chi connectivity index (χ4v) is 3.21. The van der Waals surface area contributed by atoms with Crippen LogP contribution in [0.4, 0.5) is 8.78 Å². The van der Waals surface area contributed by atoms with Gasteiger partial charge in [0.15, 0.2) is 0 Å². The van der Waals surface area contributed by atoms with Crippen LogP contribution in [-0.4, -0.2) is 5.08 Å². The smallest absolute Gasteiger partial charge is 0.123 e. The molecule has 2 aromatic rings. The summed E-state index contributed by atoms with van der Waals surface area (Å²) in [7, 11) is 0. The fourth-order valence-electron chi connectivity index (χ4n) is 1.23. The van der Waals surface area contributed by atoms with Crippen molar-refractivity contribution in [3.8, 4) is 0 Å². The summed E-state index contributed by atoms with van der Waals surface area (Å²) >= 11 is 3.26. The van der Waals surface area contributed by atoms with Crippen molar-refractivity contribution < 1.29 is 8.78 Å². The van der Waals surface area contributed by atoms with Gasteiger partial charge in [0.05, 0.1) is 0 Å². The van der Waals surface area contributed by atoms with E-state index in [0.717, 1.165) is 14.9 Å². The van der Waals surface area contributed by atoms with E-state index in [1.54, 1.807) is 47.8 Å². The molecule has 0 aliphatic carbocycles. The van der Waals surface area contributed by atoms with Gasteiger partial charge in [-0.3, -0.25) is 0 Å². The Morgan fingerprint density at radius 1 is 0.667 bits per heavy atom. The molecule has 0 aliphatic rings. The standard InChI is InChI=1S/C13H10F2S2.CH4/c14-10-1-5-12(6-2-10)16-9-17-13-7-3-11(15)4-8-13;/h1-8H,9H2;1H4. The summed E-state index contributed by atoms with van der Waals surface area (Å²) in [6, 6.07) is 12.8. The van der Waals surface area contributed by atoms with Crippen LogP contribution in [0.3, 0.4) is 0 Å². The van der Waals surface area contributed by atoms with Crippen molar-refractivity contribution in [2.45, 2.75) is 17.2 Å². The average molecular weight is 284 g/mol. The van der Waals surface area contributed by atoms with Crippen molar-refractivity contribution in [2.75, 3.05) is 5.08 Å². The van der Waals surface area contributed by atoms with E-state index in [-0.39, 0.29) is 19.1 Å². The van der Waals surface area contributed by atoms with E-state index in [2.05, 4.69) is 0 Å². The number of hydrogen-bond donors (Lipinski definition) is 0. The normalized spacial score (nSPS) is 9.89. The second kappa shape index (κ2) is 7.44. The molecule has 18 heavy (non-hydrogen) atoms. The van der Waals surface area contributed by atoms with Gasteiger partial charge in [-0.05, 0) is 48.5 Å². The van der Waals surface area contributed by atoms with E-state index < -0.39 is 0 Å². The molecule has 0 N–H and O–H groups in total. The summed E-state index contributed by atoms with van der Waals surface area (Å²) in [6.45, 7) is 0. The molecule has 2 rings (SSSR count). The molecule has 0 atom stereocenters. The van der Waals surface area contributed by atoms with Gasteiger partial charge in [-0.25, -0.2) is 8.78 Å². The Kier molecular flexibility index (Phi) is 6.22. The third-order valence-electron chi connectivity index (χ3n) is 2.08. The van der Waals surface area contributed by atoms with Crippen LogP contribution in [0.15, 0.2) is 58.3 Å². The first-order chi connectivity index (χ1) is 8.24. The van der Waals surface area contributed by atoms with Crippen LogP contribution in [0.1, 0.15) is 7.43 Å². The van der Waals surface area contributed by atoms with Gasteiger partial charge in [0.1, 0.15) is 11.6 Å². The molecule has 0 fully saturated rings. The highest BCUT2D eigenvalue weighted by Crippen LogP contribution is 2.27. The minimum absolute atomic E-state index is 0. The second-order valence-electron chi connectivity index (χ2n) is 3.31. The van der Waals surface area contributed by atoms with Crippen LogP contribution < -0.4 is 0 Å². The zero-order valence-corrected chi connectivity index (χ0v) is 10.5. The van der Waals surface area contributed by atoms with Crippen molar-refractivity contribution in [3.05, 3.63) is 60.2 Å². The lowest BCUT2D eigenvalue weighted by molar-refractivity contribution is 0.626. The molecule has 0 amide bonds. The molecular weight excluding hydrogens is 270 g/mol. The Balaban J connectivity index is 0.00000162. The van der Waals surface area contributed by atoms with Crippen molar-refractivity contribution >= 4 is 23.5 Å². The Hall–Kier alpha value is -1.00. The number of thioether (sulfide) groups is 2. The van der Waals surface area contributed by atoms with E-state index in [4.69, 9.17) is 0 Å². The second-order valence-corrected chi connectivity index (χ2v) is 5.78. The minimum Gasteiger partial charge on any atom is -0.207 e. The van der Waals surface area contributed by atoms with E-state index in [9.17, 15) is 8.78 Å². The van der Waals surface area contributed by atoms with Crippen molar-refractivity contribution in [1.82, 2.24) is 0 Å². The molecular formula is C14H14F2S2. The lowest BCUT2D eigenvalue weighted by atomic mass is 10.4. The molecule has 2 aromatic carbocycles. The first-order valence-electron chi connectivity index (χ1n) is 5.01. The summed E-state index contributed by atoms with van der Waals surface area (Å²) in [5, 5.41) is 0.817. The Labute approximate surface area is 115 Å². The largest absolute Gasteiger partial charge is 0.207 e. The zero-order valence-electron chi connectivity index (χ0n) is 8.90. The van der Waals surface area contributed by atoms with Gasteiger partial charge >= 0.3 is 0 Å². The van der Waals surface area contributed by atoms with Crippen LogP contribution in [0.5, 0.6) is 0 Å². The molecule has 96 valence electrons. The predicted octanol–water partition coefficient (Wildman–Crippen LogP) is 5.44. The first-order valence-corrected chi connectivity index (χ1v) is 6.98. The highest BCUT2D eigenvalue weighted by atomic mass is 32.2. The van der Waals surface area contributed by atoms with Crippen molar-refractivity contribution in [2.24, 2.45) is 0 Å². The average Bonchev–Trinajstić information content (AvgIpc) is 2.34. The summed E-state index contributed by atoms with van der Waals surface area (Å²) in [6.07, 6.45) is 0. The number of rotatable bonds is 4. The van der Waals surface area contributed by atoms with Crippen LogP contribution in [-0.2, 0) is 0 Å². The zero-order chi connectivity index (χ0) is 12.1. The summed E-state index contributed by atoms with van der Waals surface area (Å²) in [5.74, 6) is -0.443. The lowest BCUT2D eigenvalue weighted by Gasteiger charge is -2.02. The van der Waals surface area contributed by atoms with Crippen LogP contribution in [0, 0.1) is 11.6 Å². The van der Waals surface area contributed by atoms with Gasteiger partial charge < -0.3 is 0 Å². The topological polar surface area (TPSA) is 0 Å². The van der Waals surface area contributed by atoms with Gasteiger partial charge in [-0.15, -0.1) is 23.5 Å². The monoisotopic (exact) mass is 284 g/mol. The lowest BCUT2D eigenvalue weighted by Crippen LogP contribution is -1.78. The number of halogens is 2. The molecule has 4 heteroatoms. The molecule has 0 saturated heterocycles. The molecule has 0 unspecified atom stereocenters. The van der Waals surface area contributed by atoms with Crippen molar-refractivity contribution in [3.63, 3.8) is 0 Å². The summed E-state index contributed by atoms with van der Waals surface area (Å²) in [4.78, 5) is 2.06. The molecule has 0 heterocycles. The minimum atomic E-state index is -0.222. The van der Waals surface area contributed by atoms with Gasteiger partial charge in [-0.1, -0.05) is 7.43 Å². The molecule has 0 nitrogen and oxygen atoms in total. The maximum Gasteiger partial charge on any atom is 0.123 e. The quantitative estimate of drug-likeness (QED) is 0.541. The molecule has 0 saturated carbocycles. The highest BCUT2D eigenvalue weighted by Gasteiger charge is 1.97. The van der Waals surface area contributed by atoms with E-state index in [1.165, 1.54) is 24.3 Å². The Bertz CT molecular complexity index is 421. The third kappa shape index (κ3) is 4.70. The third-order valence-corrected chi connectivity index (χ3v) is 4.23. The summed E-state index contributed by atoms with van der Waals surface area (Å²) in [5.41, 5.74) is 0. The van der Waals surface area contributed by atoms with E-state index in [1.807, 2.05) is 0 Å². The molecule has 0 aromatic heterocycles. The van der Waals surface area contributed by atoms with Crippen LogP contribution >= 0.6 is 23.5 Å². The number of hydrogen-bond acceptors (Lipinski definition) is 2. The highest BCUT2D eigenvalue weighted by molar-refractivity contribution is 8.16. The number of benzene rings is 2. The van der Waals surface area contributed by atoms with Gasteiger partial charge in [-0.2, -0.15) is 0 Å². The van der Waals surface area contributed by atoms with Gasteiger partial charge in [0, 0.05) is 14.9 Å². The summed E-state index contributed by atoms with van der Waals surface area (Å²) < 4.78 is 25.3. The molecule has 0 bridgehead atoms. The Morgan fingerprint density at radius 3 is 1.33 bits per heavy atom. The Morgan fingerprint density at radius 2 is 1.00 bits per heavy atom. The van der Waals surface area contributed by atoms with Gasteiger partial charge in [0.2, 0.25) is 0 Å². The van der Waals surface area contributed by atoms with E-state index in [0.29, 0.717) is 0 Å². The van der Waals surface area contributed by atoms with Crippen LogP contribution in [0.25, 0.3) is 0 Å².